The molecule has 2 heterocycles. The third-order valence-corrected chi connectivity index (χ3v) is 4.21. The molecule has 1 amide bonds. The van der Waals surface area contributed by atoms with Crippen molar-refractivity contribution in [1.82, 2.24) is 15.1 Å². The van der Waals surface area contributed by atoms with Crippen molar-refractivity contribution in [3.63, 3.8) is 0 Å². The molecule has 4 nitrogen and oxygen atoms in total. The van der Waals surface area contributed by atoms with Crippen molar-refractivity contribution in [2.24, 2.45) is 11.8 Å². The van der Waals surface area contributed by atoms with E-state index in [-0.39, 0.29) is 0 Å². The van der Waals surface area contributed by atoms with E-state index in [0.29, 0.717) is 11.8 Å². The molecule has 0 radical (unpaired) electrons. The Balaban J connectivity index is 1.69. The van der Waals surface area contributed by atoms with Crippen molar-refractivity contribution >= 4 is 5.91 Å². The molecule has 19 heavy (non-hydrogen) atoms. The molecule has 2 saturated heterocycles. The summed E-state index contributed by atoms with van der Waals surface area (Å²) in [4.78, 5) is 16.8. The van der Waals surface area contributed by atoms with Crippen molar-refractivity contribution < 1.29 is 4.79 Å². The standard InChI is InChI=1S/C15H29N3O/c1-13(2)12-17-6-8-18(9-7-17)15(19)10-14-4-3-5-16-11-14/h13-14,16H,3-12H2,1-2H3. The highest BCUT2D eigenvalue weighted by Gasteiger charge is 2.24. The molecule has 110 valence electrons. The molecule has 0 aliphatic carbocycles. The Morgan fingerprint density at radius 1 is 1.26 bits per heavy atom. The van der Waals surface area contributed by atoms with Gasteiger partial charge in [-0.15, -0.1) is 0 Å². The first-order valence-corrected chi connectivity index (χ1v) is 7.86. The fraction of sp³-hybridized carbons (Fsp3) is 0.933. The number of nitrogens with zero attached hydrogens (tertiary/aromatic N) is 2. The zero-order valence-corrected chi connectivity index (χ0v) is 12.5. The molecule has 2 aliphatic heterocycles. The summed E-state index contributed by atoms with van der Waals surface area (Å²) >= 11 is 0. The first kappa shape index (κ1) is 14.8. The minimum Gasteiger partial charge on any atom is -0.340 e. The number of piperidine rings is 1. The molecule has 1 N–H and O–H groups in total. The van der Waals surface area contributed by atoms with Gasteiger partial charge in [0.25, 0.3) is 0 Å². The molecule has 4 heteroatoms. The van der Waals surface area contributed by atoms with Crippen LogP contribution in [-0.2, 0) is 4.79 Å². The smallest absolute Gasteiger partial charge is 0.222 e. The van der Waals surface area contributed by atoms with Crippen molar-refractivity contribution in [3.8, 4) is 0 Å². The van der Waals surface area contributed by atoms with E-state index < -0.39 is 0 Å². The van der Waals surface area contributed by atoms with Gasteiger partial charge in [-0.25, -0.2) is 0 Å². The highest BCUT2D eigenvalue weighted by molar-refractivity contribution is 5.76. The van der Waals surface area contributed by atoms with Gasteiger partial charge >= 0.3 is 0 Å². The summed E-state index contributed by atoms with van der Waals surface area (Å²) in [6.45, 7) is 11.8. The van der Waals surface area contributed by atoms with Gasteiger partial charge in [0.05, 0.1) is 0 Å². The van der Waals surface area contributed by atoms with E-state index in [9.17, 15) is 4.79 Å². The van der Waals surface area contributed by atoms with Gasteiger partial charge in [-0.05, 0) is 37.8 Å². The third-order valence-electron chi connectivity index (χ3n) is 4.21. The molecule has 0 bridgehead atoms. The predicted octanol–water partition coefficient (Wildman–Crippen LogP) is 1.18. The molecule has 2 aliphatic rings. The van der Waals surface area contributed by atoms with E-state index in [4.69, 9.17) is 0 Å². The van der Waals surface area contributed by atoms with Crippen LogP contribution in [0.4, 0.5) is 0 Å². The van der Waals surface area contributed by atoms with Crippen LogP contribution in [0, 0.1) is 11.8 Å². The van der Waals surface area contributed by atoms with E-state index in [1.807, 2.05) is 0 Å². The quantitative estimate of drug-likeness (QED) is 0.831. The van der Waals surface area contributed by atoms with E-state index in [1.54, 1.807) is 0 Å². The van der Waals surface area contributed by atoms with Crippen LogP contribution in [0.1, 0.15) is 33.1 Å². The lowest BCUT2D eigenvalue weighted by atomic mass is 9.95. The Kier molecular flexibility index (Phi) is 5.64. The van der Waals surface area contributed by atoms with Crippen LogP contribution >= 0.6 is 0 Å². The monoisotopic (exact) mass is 267 g/mol. The normalized spacial score (nSPS) is 25.8. The molecule has 0 spiro atoms. The number of carbonyl (C=O) groups is 1. The lowest BCUT2D eigenvalue weighted by molar-refractivity contribution is -0.134. The first-order chi connectivity index (χ1) is 9.15. The summed E-state index contributed by atoms with van der Waals surface area (Å²) in [5.41, 5.74) is 0. The molecule has 2 fully saturated rings. The Morgan fingerprint density at radius 2 is 2.00 bits per heavy atom. The molecule has 1 unspecified atom stereocenters. The van der Waals surface area contributed by atoms with Gasteiger partial charge in [0.2, 0.25) is 5.91 Å². The van der Waals surface area contributed by atoms with Crippen molar-refractivity contribution in [2.45, 2.75) is 33.1 Å². The highest BCUT2D eigenvalue weighted by Crippen LogP contribution is 2.16. The van der Waals surface area contributed by atoms with Gasteiger partial charge in [0, 0.05) is 39.1 Å². The van der Waals surface area contributed by atoms with Crippen LogP contribution in [0.2, 0.25) is 0 Å². The zero-order valence-electron chi connectivity index (χ0n) is 12.5. The summed E-state index contributed by atoms with van der Waals surface area (Å²) in [5, 5.41) is 3.39. The second kappa shape index (κ2) is 7.25. The molecule has 1 atom stereocenters. The minimum atomic E-state index is 0.373. The Bertz CT molecular complexity index is 279. The third kappa shape index (κ3) is 4.77. The zero-order chi connectivity index (χ0) is 13.7. The van der Waals surface area contributed by atoms with Crippen molar-refractivity contribution in [2.75, 3.05) is 45.8 Å². The number of amides is 1. The fourth-order valence-corrected chi connectivity index (χ4v) is 3.17. The van der Waals surface area contributed by atoms with E-state index in [1.165, 1.54) is 12.8 Å². The molecule has 0 saturated carbocycles. The summed E-state index contributed by atoms with van der Waals surface area (Å²) < 4.78 is 0. The molecule has 0 aromatic heterocycles. The number of hydrogen-bond acceptors (Lipinski definition) is 3. The lowest BCUT2D eigenvalue weighted by Crippen LogP contribution is -2.50. The first-order valence-electron chi connectivity index (χ1n) is 7.86. The van der Waals surface area contributed by atoms with E-state index in [2.05, 4.69) is 29.0 Å². The largest absolute Gasteiger partial charge is 0.340 e. The average Bonchev–Trinajstić information content (AvgIpc) is 2.40. The molecular formula is C15H29N3O. The number of rotatable bonds is 4. The van der Waals surface area contributed by atoms with Gasteiger partial charge in [0.1, 0.15) is 0 Å². The number of nitrogens with one attached hydrogen (secondary N) is 1. The maximum atomic E-state index is 12.3. The van der Waals surface area contributed by atoms with E-state index in [0.717, 1.165) is 58.2 Å². The summed E-state index contributed by atoms with van der Waals surface area (Å²) in [5.74, 6) is 1.66. The van der Waals surface area contributed by atoms with Crippen LogP contribution in [0.5, 0.6) is 0 Å². The number of hydrogen-bond donors (Lipinski definition) is 1. The fourth-order valence-electron chi connectivity index (χ4n) is 3.17. The second-order valence-electron chi connectivity index (χ2n) is 6.49. The number of piperazine rings is 1. The SMILES string of the molecule is CC(C)CN1CCN(C(=O)CC2CCCNC2)CC1. The second-order valence-corrected chi connectivity index (χ2v) is 6.49. The highest BCUT2D eigenvalue weighted by atomic mass is 16.2. The van der Waals surface area contributed by atoms with Gasteiger partial charge < -0.3 is 10.2 Å². The predicted molar refractivity (Wildman–Crippen MR) is 78.1 cm³/mol. The van der Waals surface area contributed by atoms with Crippen LogP contribution < -0.4 is 5.32 Å². The van der Waals surface area contributed by atoms with Gasteiger partial charge in [0.15, 0.2) is 0 Å². The van der Waals surface area contributed by atoms with Gasteiger partial charge in [-0.1, -0.05) is 13.8 Å². The topological polar surface area (TPSA) is 35.6 Å². The average molecular weight is 267 g/mol. The van der Waals surface area contributed by atoms with E-state index >= 15 is 0 Å². The maximum absolute atomic E-state index is 12.3. The minimum absolute atomic E-state index is 0.373. The Morgan fingerprint density at radius 3 is 2.58 bits per heavy atom. The van der Waals surface area contributed by atoms with Crippen LogP contribution in [0.25, 0.3) is 0 Å². The molecule has 0 aromatic rings. The Hall–Kier alpha value is -0.610. The van der Waals surface area contributed by atoms with Crippen LogP contribution in [0.15, 0.2) is 0 Å². The summed E-state index contributed by atoms with van der Waals surface area (Å²) in [7, 11) is 0. The summed E-state index contributed by atoms with van der Waals surface area (Å²) in [6, 6.07) is 0. The van der Waals surface area contributed by atoms with Crippen molar-refractivity contribution in [3.05, 3.63) is 0 Å². The Labute approximate surface area is 117 Å². The van der Waals surface area contributed by atoms with Gasteiger partial charge in [-0.2, -0.15) is 0 Å². The summed E-state index contributed by atoms with van der Waals surface area (Å²) in [6.07, 6.45) is 3.18. The van der Waals surface area contributed by atoms with Crippen LogP contribution in [0.3, 0.4) is 0 Å². The molecule has 0 aromatic carbocycles. The molecule has 2 rings (SSSR count). The maximum Gasteiger partial charge on any atom is 0.222 e. The van der Waals surface area contributed by atoms with Crippen LogP contribution in [-0.4, -0.2) is 61.5 Å². The van der Waals surface area contributed by atoms with Crippen molar-refractivity contribution in [1.29, 1.82) is 0 Å². The van der Waals surface area contributed by atoms with Gasteiger partial charge in [-0.3, -0.25) is 9.69 Å². The lowest BCUT2D eigenvalue weighted by Gasteiger charge is -2.36. The number of carbonyl (C=O) groups excluding carboxylic acids is 1. The molecular weight excluding hydrogens is 238 g/mol.